The second-order valence-corrected chi connectivity index (χ2v) is 8.56. The molecule has 2 aromatic carbocycles. The Morgan fingerprint density at radius 3 is 2.37 bits per heavy atom. The highest BCUT2D eigenvalue weighted by atomic mass is 32.2. The Labute approximate surface area is 159 Å². The van der Waals surface area contributed by atoms with Gasteiger partial charge in [0.05, 0.1) is 15.5 Å². The largest absolute Gasteiger partial charge is 0.366 e. The number of nitro groups is 1. The SMILES string of the molecule is Cc1ccc(NS(=O)(=O)c2ccc(N3CCCCC3)c([N+](=O)[O-])c2)c(C)c1. The molecule has 2 aromatic rings. The number of piperidine rings is 1. The molecule has 144 valence electrons. The molecule has 0 radical (unpaired) electrons. The highest BCUT2D eigenvalue weighted by molar-refractivity contribution is 7.92. The van der Waals surface area contributed by atoms with Crippen LogP contribution in [0.4, 0.5) is 17.1 Å². The summed E-state index contributed by atoms with van der Waals surface area (Å²) in [6.45, 7) is 5.22. The molecule has 1 aliphatic rings. The van der Waals surface area contributed by atoms with Crippen LogP contribution in [-0.4, -0.2) is 26.4 Å². The predicted molar refractivity (Wildman–Crippen MR) is 106 cm³/mol. The van der Waals surface area contributed by atoms with Crippen molar-refractivity contribution in [3.8, 4) is 0 Å². The molecule has 0 aliphatic carbocycles. The van der Waals surface area contributed by atoms with Gasteiger partial charge in [-0.25, -0.2) is 8.42 Å². The van der Waals surface area contributed by atoms with Crippen molar-refractivity contribution in [3.63, 3.8) is 0 Å². The number of sulfonamides is 1. The Morgan fingerprint density at radius 1 is 1.04 bits per heavy atom. The zero-order valence-corrected chi connectivity index (χ0v) is 16.3. The zero-order chi connectivity index (χ0) is 19.6. The van der Waals surface area contributed by atoms with Crippen LogP contribution in [0.25, 0.3) is 0 Å². The van der Waals surface area contributed by atoms with E-state index in [2.05, 4.69) is 4.72 Å². The molecule has 1 N–H and O–H groups in total. The number of nitrogens with zero attached hydrogens (tertiary/aromatic N) is 2. The third-order valence-electron chi connectivity index (χ3n) is 4.78. The molecule has 0 atom stereocenters. The van der Waals surface area contributed by atoms with Crippen molar-refractivity contribution in [2.75, 3.05) is 22.7 Å². The lowest BCUT2D eigenvalue weighted by atomic mass is 10.1. The van der Waals surface area contributed by atoms with Gasteiger partial charge in [-0.15, -0.1) is 0 Å². The predicted octanol–water partition coefficient (Wildman–Crippen LogP) is 4.00. The van der Waals surface area contributed by atoms with Gasteiger partial charge in [0.1, 0.15) is 5.69 Å². The van der Waals surface area contributed by atoms with Gasteiger partial charge in [-0.1, -0.05) is 17.7 Å². The van der Waals surface area contributed by atoms with Gasteiger partial charge in [0.25, 0.3) is 15.7 Å². The fourth-order valence-electron chi connectivity index (χ4n) is 3.35. The highest BCUT2D eigenvalue weighted by Crippen LogP contribution is 2.33. The first-order valence-electron chi connectivity index (χ1n) is 8.91. The maximum atomic E-state index is 12.8. The lowest BCUT2D eigenvalue weighted by Crippen LogP contribution is -2.30. The van der Waals surface area contributed by atoms with Crippen molar-refractivity contribution in [2.24, 2.45) is 0 Å². The van der Waals surface area contributed by atoms with E-state index in [9.17, 15) is 18.5 Å². The van der Waals surface area contributed by atoms with Gasteiger partial charge in [-0.05, 0) is 56.9 Å². The van der Waals surface area contributed by atoms with Crippen LogP contribution in [0.1, 0.15) is 30.4 Å². The van der Waals surface area contributed by atoms with E-state index in [1.165, 1.54) is 6.07 Å². The fourth-order valence-corrected chi connectivity index (χ4v) is 4.50. The van der Waals surface area contributed by atoms with Crippen molar-refractivity contribution in [2.45, 2.75) is 38.0 Å². The van der Waals surface area contributed by atoms with Crippen LogP contribution in [-0.2, 0) is 10.0 Å². The Bertz CT molecular complexity index is 967. The summed E-state index contributed by atoms with van der Waals surface area (Å²) < 4.78 is 28.0. The van der Waals surface area contributed by atoms with E-state index in [4.69, 9.17) is 0 Å². The van der Waals surface area contributed by atoms with Gasteiger partial charge in [-0.2, -0.15) is 0 Å². The van der Waals surface area contributed by atoms with Gasteiger partial charge in [0, 0.05) is 19.2 Å². The Hall–Kier alpha value is -2.61. The van der Waals surface area contributed by atoms with Gasteiger partial charge < -0.3 is 4.90 Å². The molecular formula is C19H23N3O4S. The van der Waals surface area contributed by atoms with E-state index < -0.39 is 14.9 Å². The third-order valence-corrected chi connectivity index (χ3v) is 6.14. The molecule has 1 heterocycles. The molecule has 1 fully saturated rings. The van der Waals surface area contributed by atoms with Crippen LogP contribution in [0.3, 0.4) is 0 Å². The quantitative estimate of drug-likeness (QED) is 0.616. The van der Waals surface area contributed by atoms with Crippen molar-refractivity contribution in [3.05, 3.63) is 57.6 Å². The molecule has 1 aliphatic heterocycles. The second kappa shape index (κ2) is 7.56. The number of hydrogen-bond acceptors (Lipinski definition) is 5. The molecular weight excluding hydrogens is 366 g/mol. The molecule has 3 rings (SSSR count). The zero-order valence-electron chi connectivity index (χ0n) is 15.4. The molecule has 0 bridgehead atoms. The van der Waals surface area contributed by atoms with Crippen molar-refractivity contribution in [1.82, 2.24) is 0 Å². The summed E-state index contributed by atoms with van der Waals surface area (Å²) in [5.41, 5.74) is 2.57. The minimum absolute atomic E-state index is 0.116. The summed E-state index contributed by atoms with van der Waals surface area (Å²) in [7, 11) is -3.93. The lowest BCUT2D eigenvalue weighted by molar-refractivity contribution is -0.384. The third kappa shape index (κ3) is 4.21. The van der Waals surface area contributed by atoms with Crippen LogP contribution in [0.2, 0.25) is 0 Å². The van der Waals surface area contributed by atoms with Crippen molar-refractivity contribution in [1.29, 1.82) is 0 Å². The van der Waals surface area contributed by atoms with Crippen LogP contribution in [0.5, 0.6) is 0 Å². The van der Waals surface area contributed by atoms with E-state index >= 15 is 0 Å². The van der Waals surface area contributed by atoms with Gasteiger partial charge in [0.15, 0.2) is 0 Å². The minimum atomic E-state index is -3.93. The first-order chi connectivity index (χ1) is 12.8. The number of anilines is 2. The standard InChI is InChI=1S/C19H23N3O4S/c1-14-6-8-17(15(2)12-14)20-27(25,26)16-7-9-18(19(13-16)22(23)24)21-10-4-3-5-11-21/h6-9,12-13,20H,3-5,10-11H2,1-2H3. The maximum absolute atomic E-state index is 12.8. The number of rotatable bonds is 5. The first-order valence-corrected chi connectivity index (χ1v) is 10.4. The van der Waals surface area contributed by atoms with Crippen molar-refractivity contribution < 1.29 is 13.3 Å². The maximum Gasteiger partial charge on any atom is 0.293 e. The molecule has 7 nitrogen and oxygen atoms in total. The molecule has 8 heteroatoms. The van der Waals surface area contributed by atoms with E-state index in [0.29, 0.717) is 11.4 Å². The molecule has 0 spiro atoms. The van der Waals surface area contributed by atoms with Gasteiger partial charge in [0.2, 0.25) is 0 Å². The Kier molecular flexibility index (Phi) is 5.36. The molecule has 0 saturated carbocycles. The lowest BCUT2D eigenvalue weighted by Gasteiger charge is -2.28. The van der Waals surface area contributed by atoms with Gasteiger partial charge >= 0.3 is 0 Å². The van der Waals surface area contributed by atoms with Crippen LogP contribution < -0.4 is 9.62 Å². The Morgan fingerprint density at radius 2 is 1.74 bits per heavy atom. The van der Waals surface area contributed by atoms with Crippen LogP contribution in [0.15, 0.2) is 41.3 Å². The summed E-state index contributed by atoms with van der Waals surface area (Å²) in [6.07, 6.45) is 3.06. The fraction of sp³-hybridized carbons (Fsp3) is 0.368. The van der Waals surface area contributed by atoms with E-state index in [0.717, 1.165) is 49.5 Å². The second-order valence-electron chi connectivity index (χ2n) is 6.88. The summed E-state index contributed by atoms with van der Waals surface area (Å²) >= 11 is 0. The average molecular weight is 389 g/mol. The summed E-state index contributed by atoms with van der Waals surface area (Å²) in [4.78, 5) is 12.9. The van der Waals surface area contributed by atoms with E-state index in [1.54, 1.807) is 12.1 Å². The smallest absolute Gasteiger partial charge is 0.293 e. The number of aryl methyl sites for hydroxylation is 2. The van der Waals surface area contributed by atoms with Crippen LogP contribution >= 0.6 is 0 Å². The van der Waals surface area contributed by atoms with Gasteiger partial charge in [-0.3, -0.25) is 14.8 Å². The highest BCUT2D eigenvalue weighted by Gasteiger charge is 2.25. The van der Waals surface area contributed by atoms with Crippen molar-refractivity contribution >= 4 is 27.1 Å². The number of hydrogen-bond donors (Lipinski definition) is 1. The normalized spacial score (nSPS) is 14.8. The van der Waals surface area contributed by atoms with Crippen LogP contribution in [0, 0.1) is 24.0 Å². The Balaban J connectivity index is 1.95. The first kappa shape index (κ1) is 19.2. The summed E-state index contributed by atoms with van der Waals surface area (Å²) in [6, 6.07) is 9.50. The van der Waals surface area contributed by atoms with E-state index in [1.807, 2.05) is 30.9 Å². The number of nitrogens with one attached hydrogen (secondary N) is 1. The summed E-state index contributed by atoms with van der Waals surface area (Å²) in [5.74, 6) is 0. The van der Waals surface area contributed by atoms with E-state index in [-0.39, 0.29) is 10.6 Å². The molecule has 0 amide bonds. The molecule has 0 unspecified atom stereocenters. The summed E-state index contributed by atoms with van der Waals surface area (Å²) in [5, 5.41) is 11.6. The topological polar surface area (TPSA) is 92.6 Å². The number of nitro benzene ring substituents is 1. The molecule has 0 aromatic heterocycles. The molecule has 1 saturated heterocycles. The molecule has 27 heavy (non-hydrogen) atoms. The monoisotopic (exact) mass is 389 g/mol. The average Bonchev–Trinajstić information content (AvgIpc) is 2.64. The minimum Gasteiger partial charge on any atom is -0.366 e. The number of benzene rings is 2.